The van der Waals surface area contributed by atoms with Crippen molar-refractivity contribution < 1.29 is 4.74 Å². The zero-order valence-electron chi connectivity index (χ0n) is 16.3. The van der Waals surface area contributed by atoms with E-state index in [0.717, 1.165) is 47.5 Å². The van der Waals surface area contributed by atoms with E-state index in [1.807, 2.05) is 24.3 Å². The smallest absolute Gasteiger partial charge is 0.146 e. The number of benzene rings is 3. The van der Waals surface area contributed by atoms with Gasteiger partial charge in [-0.2, -0.15) is 0 Å². The molecule has 5 rings (SSSR count). The fourth-order valence-corrected chi connectivity index (χ4v) is 4.20. The Labute approximate surface area is 185 Å². The number of halogens is 2. The molecule has 2 heterocycles. The largest absolute Gasteiger partial charge is 0.487 e. The average Bonchev–Trinajstić information content (AvgIpc) is 2.79. The minimum atomic E-state index is 0.402. The molecule has 0 fully saturated rings. The molecule has 1 aliphatic heterocycles. The highest BCUT2D eigenvalue weighted by atomic mass is 35.5. The molecule has 150 valence electrons. The number of rotatable bonds is 4. The van der Waals surface area contributed by atoms with Crippen LogP contribution in [0.3, 0.4) is 0 Å². The number of para-hydroxylation sites is 1. The number of fused-ring (bicyclic) bond motifs is 2. The highest BCUT2D eigenvalue weighted by Gasteiger charge is 2.18. The molecule has 0 atom stereocenters. The Hall–Kier alpha value is -2.75. The van der Waals surface area contributed by atoms with E-state index in [9.17, 15) is 0 Å². The fourth-order valence-electron chi connectivity index (χ4n) is 3.88. The highest BCUT2D eigenvalue weighted by molar-refractivity contribution is 6.42. The van der Waals surface area contributed by atoms with Gasteiger partial charge in [0.25, 0.3) is 0 Å². The molecule has 0 amide bonds. The average molecular weight is 435 g/mol. The van der Waals surface area contributed by atoms with Gasteiger partial charge in [0.1, 0.15) is 23.7 Å². The number of pyridine rings is 1. The predicted molar refractivity (Wildman–Crippen MR) is 124 cm³/mol. The molecule has 0 bridgehead atoms. The highest BCUT2D eigenvalue weighted by Crippen LogP contribution is 2.30. The Morgan fingerprint density at radius 1 is 0.867 bits per heavy atom. The maximum Gasteiger partial charge on any atom is 0.146 e. The van der Waals surface area contributed by atoms with Crippen molar-refractivity contribution in [2.75, 3.05) is 11.4 Å². The summed E-state index contributed by atoms with van der Waals surface area (Å²) in [5.41, 5.74) is 4.63. The second-order valence-corrected chi connectivity index (χ2v) is 8.29. The number of hydrogen-bond donors (Lipinski definition) is 0. The van der Waals surface area contributed by atoms with Crippen molar-refractivity contribution in [1.82, 2.24) is 4.98 Å². The van der Waals surface area contributed by atoms with Crippen molar-refractivity contribution in [1.29, 1.82) is 0 Å². The zero-order valence-corrected chi connectivity index (χ0v) is 17.8. The van der Waals surface area contributed by atoms with Crippen LogP contribution < -0.4 is 9.64 Å². The lowest BCUT2D eigenvalue weighted by Crippen LogP contribution is -2.30. The summed E-state index contributed by atoms with van der Waals surface area (Å²) in [7, 11) is 0. The molecule has 30 heavy (non-hydrogen) atoms. The second-order valence-electron chi connectivity index (χ2n) is 7.47. The number of anilines is 1. The molecule has 3 aromatic carbocycles. The van der Waals surface area contributed by atoms with Gasteiger partial charge in [-0.1, -0.05) is 65.7 Å². The summed E-state index contributed by atoms with van der Waals surface area (Å²) in [4.78, 5) is 7.30. The number of nitrogens with zero attached hydrogens (tertiary/aromatic N) is 2. The van der Waals surface area contributed by atoms with Crippen LogP contribution in [-0.2, 0) is 19.6 Å². The molecule has 0 saturated heterocycles. The van der Waals surface area contributed by atoms with Crippen LogP contribution >= 0.6 is 23.2 Å². The lowest BCUT2D eigenvalue weighted by molar-refractivity contribution is 0.309. The third kappa shape index (κ3) is 3.83. The first-order valence-corrected chi connectivity index (χ1v) is 10.7. The standard InChI is InChI=1S/C25H20Cl2N2O/c26-21-10-8-17(14-22(21)27)16-30-23-7-3-6-19-9-11-24(28-25(19)23)29-13-12-18-4-1-2-5-20(18)15-29/h1-11,14H,12-13,15-16H2. The van der Waals surface area contributed by atoms with Gasteiger partial charge >= 0.3 is 0 Å². The maximum atomic E-state index is 6.13. The summed E-state index contributed by atoms with van der Waals surface area (Å²) in [5, 5.41) is 2.13. The Morgan fingerprint density at radius 2 is 1.73 bits per heavy atom. The van der Waals surface area contributed by atoms with E-state index < -0.39 is 0 Å². The molecule has 0 spiro atoms. The van der Waals surface area contributed by atoms with Crippen LogP contribution in [-0.4, -0.2) is 11.5 Å². The van der Waals surface area contributed by atoms with Gasteiger partial charge in [0.15, 0.2) is 0 Å². The van der Waals surface area contributed by atoms with Crippen molar-refractivity contribution in [2.24, 2.45) is 0 Å². The molecule has 1 aliphatic rings. The second kappa shape index (κ2) is 8.17. The van der Waals surface area contributed by atoms with E-state index in [2.05, 4.69) is 47.4 Å². The molecule has 0 saturated carbocycles. The number of ether oxygens (including phenoxy) is 1. The Bertz CT molecular complexity index is 1220. The van der Waals surface area contributed by atoms with Crippen molar-refractivity contribution >= 4 is 39.9 Å². The first-order chi connectivity index (χ1) is 14.7. The van der Waals surface area contributed by atoms with Crippen LogP contribution in [0.2, 0.25) is 10.0 Å². The SMILES string of the molecule is Clc1ccc(COc2cccc3ccc(N4CCc5ccccc5C4)nc23)cc1Cl. The fraction of sp³-hybridized carbons (Fsp3) is 0.160. The summed E-state index contributed by atoms with van der Waals surface area (Å²) in [6, 6.07) is 24.4. The van der Waals surface area contributed by atoms with Gasteiger partial charge in [-0.25, -0.2) is 4.98 Å². The third-order valence-corrected chi connectivity index (χ3v) is 6.24. The molecule has 0 radical (unpaired) electrons. The summed E-state index contributed by atoms with van der Waals surface area (Å²) >= 11 is 12.1. The minimum Gasteiger partial charge on any atom is -0.487 e. The van der Waals surface area contributed by atoms with Gasteiger partial charge in [0.05, 0.1) is 10.0 Å². The van der Waals surface area contributed by atoms with Crippen LogP contribution in [0, 0.1) is 0 Å². The van der Waals surface area contributed by atoms with Gasteiger partial charge in [0, 0.05) is 18.5 Å². The topological polar surface area (TPSA) is 25.4 Å². The van der Waals surface area contributed by atoms with Gasteiger partial charge in [-0.15, -0.1) is 0 Å². The van der Waals surface area contributed by atoms with Crippen molar-refractivity contribution in [3.05, 3.63) is 99.5 Å². The van der Waals surface area contributed by atoms with Gasteiger partial charge in [0.2, 0.25) is 0 Å². The molecule has 0 N–H and O–H groups in total. The van der Waals surface area contributed by atoms with Gasteiger partial charge < -0.3 is 9.64 Å². The molecule has 3 nitrogen and oxygen atoms in total. The van der Waals surface area contributed by atoms with Crippen LogP contribution in [0.1, 0.15) is 16.7 Å². The minimum absolute atomic E-state index is 0.402. The summed E-state index contributed by atoms with van der Waals surface area (Å²) in [6.45, 7) is 2.24. The third-order valence-electron chi connectivity index (χ3n) is 5.50. The van der Waals surface area contributed by atoms with E-state index in [4.69, 9.17) is 32.9 Å². The number of hydrogen-bond acceptors (Lipinski definition) is 3. The summed E-state index contributed by atoms with van der Waals surface area (Å²) < 4.78 is 6.12. The molecule has 4 aromatic rings. The molecule has 1 aromatic heterocycles. The van der Waals surface area contributed by atoms with E-state index in [1.54, 1.807) is 6.07 Å². The van der Waals surface area contributed by atoms with Crippen LogP contribution in [0.15, 0.2) is 72.8 Å². The van der Waals surface area contributed by atoms with Crippen molar-refractivity contribution in [3.63, 3.8) is 0 Å². The first-order valence-electron chi connectivity index (χ1n) is 9.95. The monoisotopic (exact) mass is 434 g/mol. The van der Waals surface area contributed by atoms with E-state index in [1.165, 1.54) is 11.1 Å². The molecule has 0 unspecified atom stereocenters. The summed E-state index contributed by atoms with van der Waals surface area (Å²) in [6.07, 6.45) is 1.03. The lowest BCUT2D eigenvalue weighted by Gasteiger charge is -2.30. The van der Waals surface area contributed by atoms with E-state index in [0.29, 0.717) is 16.7 Å². The maximum absolute atomic E-state index is 6.13. The quantitative estimate of drug-likeness (QED) is 0.357. The molecule has 0 aliphatic carbocycles. The van der Waals surface area contributed by atoms with Crippen LogP contribution in [0.4, 0.5) is 5.82 Å². The van der Waals surface area contributed by atoms with Gasteiger partial charge in [-0.3, -0.25) is 0 Å². The predicted octanol–water partition coefficient (Wildman–Crippen LogP) is 6.68. The van der Waals surface area contributed by atoms with Crippen molar-refractivity contribution in [2.45, 2.75) is 19.6 Å². The Balaban J connectivity index is 1.42. The van der Waals surface area contributed by atoms with Crippen LogP contribution in [0.5, 0.6) is 5.75 Å². The Kier molecular flexibility index (Phi) is 5.24. The normalized spacial score (nSPS) is 13.3. The van der Waals surface area contributed by atoms with Crippen LogP contribution in [0.25, 0.3) is 10.9 Å². The first kappa shape index (κ1) is 19.2. The lowest BCUT2D eigenvalue weighted by atomic mass is 10.00. The van der Waals surface area contributed by atoms with Gasteiger partial charge in [-0.05, 0) is 53.4 Å². The van der Waals surface area contributed by atoms with Crippen molar-refractivity contribution in [3.8, 4) is 5.75 Å². The Morgan fingerprint density at radius 3 is 2.60 bits per heavy atom. The van der Waals surface area contributed by atoms with E-state index in [-0.39, 0.29) is 0 Å². The molecular weight excluding hydrogens is 415 g/mol. The van der Waals surface area contributed by atoms with E-state index >= 15 is 0 Å². The summed E-state index contributed by atoms with van der Waals surface area (Å²) in [5.74, 6) is 1.74. The molecular formula is C25H20Cl2N2O. The number of aromatic nitrogens is 1. The molecule has 5 heteroatoms. The zero-order chi connectivity index (χ0) is 20.5.